The second-order valence-electron chi connectivity index (χ2n) is 3.85. The van der Waals surface area contributed by atoms with Crippen LogP contribution in [-0.2, 0) is 4.74 Å². The van der Waals surface area contributed by atoms with Crippen LogP contribution in [0.5, 0.6) is 5.75 Å². The highest BCUT2D eigenvalue weighted by Crippen LogP contribution is 2.24. The van der Waals surface area contributed by atoms with Gasteiger partial charge in [-0.2, -0.15) is 0 Å². The van der Waals surface area contributed by atoms with Crippen LogP contribution in [0.4, 0.5) is 0 Å². The summed E-state index contributed by atoms with van der Waals surface area (Å²) in [5.41, 5.74) is 0.844. The van der Waals surface area contributed by atoms with Crippen LogP contribution in [0.2, 0.25) is 0 Å². The first-order chi connectivity index (χ1) is 8.22. The predicted octanol–water partition coefficient (Wildman–Crippen LogP) is 2.93. The van der Waals surface area contributed by atoms with E-state index in [1.807, 2.05) is 45.0 Å². The standard InChI is InChI=1S/C14H22O3/c1-4-13(17-6-3)14(15)11-8-7-9-12(10-11)16-5-2/h7-10,13-15H,4-6H2,1-3H3. The highest BCUT2D eigenvalue weighted by molar-refractivity contribution is 5.30. The highest BCUT2D eigenvalue weighted by Gasteiger charge is 2.19. The summed E-state index contributed by atoms with van der Waals surface area (Å²) in [6, 6.07) is 7.55. The minimum Gasteiger partial charge on any atom is -0.494 e. The molecule has 0 aromatic heterocycles. The van der Waals surface area contributed by atoms with Crippen LogP contribution >= 0.6 is 0 Å². The van der Waals surface area contributed by atoms with Crippen molar-refractivity contribution in [1.29, 1.82) is 0 Å². The summed E-state index contributed by atoms with van der Waals surface area (Å²) in [4.78, 5) is 0. The van der Waals surface area contributed by atoms with Gasteiger partial charge in [0.2, 0.25) is 0 Å². The third kappa shape index (κ3) is 4.02. The van der Waals surface area contributed by atoms with Crippen molar-refractivity contribution in [3.63, 3.8) is 0 Å². The Bertz CT molecular complexity index is 325. The molecule has 17 heavy (non-hydrogen) atoms. The van der Waals surface area contributed by atoms with Gasteiger partial charge < -0.3 is 14.6 Å². The maximum Gasteiger partial charge on any atom is 0.119 e. The van der Waals surface area contributed by atoms with E-state index in [4.69, 9.17) is 9.47 Å². The lowest BCUT2D eigenvalue weighted by atomic mass is 10.0. The normalized spacial score (nSPS) is 14.4. The summed E-state index contributed by atoms with van der Waals surface area (Å²) >= 11 is 0. The van der Waals surface area contributed by atoms with Crippen LogP contribution in [0.15, 0.2) is 24.3 Å². The molecule has 0 radical (unpaired) electrons. The number of aliphatic hydroxyl groups is 1. The summed E-state index contributed by atoms with van der Waals surface area (Å²) < 4.78 is 10.9. The smallest absolute Gasteiger partial charge is 0.119 e. The van der Waals surface area contributed by atoms with E-state index in [0.29, 0.717) is 13.2 Å². The molecular formula is C14H22O3. The lowest BCUT2D eigenvalue weighted by molar-refractivity contribution is -0.0356. The van der Waals surface area contributed by atoms with Gasteiger partial charge in [0.05, 0.1) is 12.7 Å². The number of aliphatic hydroxyl groups excluding tert-OH is 1. The summed E-state index contributed by atoms with van der Waals surface area (Å²) in [6.07, 6.45) is 0.0330. The molecule has 0 fully saturated rings. The van der Waals surface area contributed by atoms with E-state index >= 15 is 0 Å². The molecule has 0 heterocycles. The van der Waals surface area contributed by atoms with E-state index in [1.165, 1.54) is 0 Å². The van der Waals surface area contributed by atoms with Crippen molar-refractivity contribution >= 4 is 0 Å². The number of hydrogen-bond acceptors (Lipinski definition) is 3. The van der Waals surface area contributed by atoms with Crippen LogP contribution in [-0.4, -0.2) is 24.4 Å². The van der Waals surface area contributed by atoms with Crippen molar-refractivity contribution in [3.05, 3.63) is 29.8 Å². The Kier molecular flexibility index (Phi) is 6.01. The first kappa shape index (κ1) is 14.0. The fourth-order valence-electron chi connectivity index (χ4n) is 1.82. The maximum atomic E-state index is 10.2. The molecule has 0 amide bonds. The Morgan fingerprint density at radius 2 is 1.94 bits per heavy atom. The zero-order valence-corrected chi connectivity index (χ0v) is 10.8. The van der Waals surface area contributed by atoms with Gasteiger partial charge in [0, 0.05) is 6.61 Å². The summed E-state index contributed by atoms with van der Waals surface area (Å²) in [6.45, 7) is 7.13. The summed E-state index contributed by atoms with van der Waals surface area (Å²) in [5.74, 6) is 0.787. The predicted molar refractivity (Wildman–Crippen MR) is 68.3 cm³/mol. The minimum absolute atomic E-state index is 0.156. The summed E-state index contributed by atoms with van der Waals surface area (Å²) in [5, 5.41) is 10.2. The maximum absolute atomic E-state index is 10.2. The molecule has 1 aromatic rings. The largest absolute Gasteiger partial charge is 0.494 e. The van der Waals surface area contributed by atoms with Crippen LogP contribution in [0.1, 0.15) is 38.9 Å². The lowest BCUT2D eigenvalue weighted by Gasteiger charge is -2.22. The van der Waals surface area contributed by atoms with Gasteiger partial charge in [-0.3, -0.25) is 0 Å². The molecule has 0 spiro atoms. The SMILES string of the molecule is CCOc1cccc(C(O)C(CC)OCC)c1. The molecule has 0 aliphatic heterocycles. The first-order valence-electron chi connectivity index (χ1n) is 6.25. The Hall–Kier alpha value is -1.06. The van der Waals surface area contributed by atoms with E-state index in [1.54, 1.807) is 0 Å². The Morgan fingerprint density at radius 1 is 1.18 bits per heavy atom. The monoisotopic (exact) mass is 238 g/mol. The van der Waals surface area contributed by atoms with Gasteiger partial charge >= 0.3 is 0 Å². The number of benzene rings is 1. The molecule has 2 unspecified atom stereocenters. The molecular weight excluding hydrogens is 216 g/mol. The molecule has 1 aromatic carbocycles. The molecule has 1 rings (SSSR count). The Morgan fingerprint density at radius 3 is 2.53 bits per heavy atom. The molecule has 0 aliphatic rings. The van der Waals surface area contributed by atoms with Crippen molar-refractivity contribution < 1.29 is 14.6 Å². The van der Waals surface area contributed by atoms with Gasteiger partial charge in [-0.25, -0.2) is 0 Å². The number of rotatable bonds is 7. The minimum atomic E-state index is -0.597. The fraction of sp³-hybridized carbons (Fsp3) is 0.571. The summed E-state index contributed by atoms with van der Waals surface area (Å²) in [7, 11) is 0. The first-order valence-corrected chi connectivity index (χ1v) is 6.25. The van der Waals surface area contributed by atoms with Crippen molar-refractivity contribution in [2.45, 2.75) is 39.4 Å². The third-order valence-electron chi connectivity index (χ3n) is 2.65. The molecule has 0 saturated carbocycles. The van der Waals surface area contributed by atoms with E-state index in [-0.39, 0.29) is 6.10 Å². The lowest BCUT2D eigenvalue weighted by Crippen LogP contribution is -2.21. The molecule has 0 bridgehead atoms. The molecule has 1 N–H and O–H groups in total. The number of ether oxygens (including phenoxy) is 2. The van der Waals surface area contributed by atoms with Gasteiger partial charge in [0.1, 0.15) is 11.9 Å². The quantitative estimate of drug-likeness (QED) is 0.793. The van der Waals surface area contributed by atoms with Crippen LogP contribution < -0.4 is 4.74 Å². The average molecular weight is 238 g/mol. The molecule has 2 atom stereocenters. The van der Waals surface area contributed by atoms with E-state index in [0.717, 1.165) is 17.7 Å². The average Bonchev–Trinajstić information content (AvgIpc) is 2.36. The van der Waals surface area contributed by atoms with Gasteiger partial charge in [0.15, 0.2) is 0 Å². The van der Waals surface area contributed by atoms with Crippen LogP contribution in [0.25, 0.3) is 0 Å². The Labute approximate surface area is 103 Å². The van der Waals surface area contributed by atoms with E-state index in [2.05, 4.69) is 0 Å². The van der Waals surface area contributed by atoms with Crippen LogP contribution in [0.3, 0.4) is 0 Å². The molecule has 3 nitrogen and oxygen atoms in total. The van der Waals surface area contributed by atoms with Gasteiger partial charge in [-0.1, -0.05) is 19.1 Å². The molecule has 96 valence electrons. The second kappa shape index (κ2) is 7.30. The molecule has 0 saturated heterocycles. The second-order valence-corrected chi connectivity index (χ2v) is 3.85. The topological polar surface area (TPSA) is 38.7 Å². The zero-order valence-electron chi connectivity index (χ0n) is 10.8. The molecule has 3 heteroatoms. The van der Waals surface area contributed by atoms with Gasteiger partial charge in [-0.05, 0) is 38.0 Å². The van der Waals surface area contributed by atoms with Crippen molar-refractivity contribution in [1.82, 2.24) is 0 Å². The van der Waals surface area contributed by atoms with Crippen LogP contribution in [0, 0.1) is 0 Å². The van der Waals surface area contributed by atoms with Gasteiger partial charge in [-0.15, -0.1) is 0 Å². The van der Waals surface area contributed by atoms with Crippen molar-refractivity contribution in [2.75, 3.05) is 13.2 Å². The zero-order chi connectivity index (χ0) is 12.7. The number of hydrogen-bond donors (Lipinski definition) is 1. The Balaban J connectivity index is 2.79. The highest BCUT2D eigenvalue weighted by atomic mass is 16.5. The molecule has 0 aliphatic carbocycles. The van der Waals surface area contributed by atoms with Crippen molar-refractivity contribution in [2.24, 2.45) is 0 Å². The van der Waals surface area contributed by atoms with Gasteiger partial charge in [0.25, 0.3) is 0 Å². The third-order valence-corrected chi connectivity index (χ3v) is 2.65. The fourth-order valence-corrected chi connectivity index (χ4v) is 1.82. The van der Waals surface area contributed by atoms with Crippen molar-refractivity contribution in [3.8, 4) is 5.75 Å². The van der Waals surface area contributed by atoms with E-state index < -0.39 is 6.10 Å². The van der Waals surface area contributed by atoms with E-state index in [9.17, 15) is 5.11 Å².